The van der Waals surface area contributed by atoms with Crippen molar-refractivity contribution >= 4 is 0 Å². The summed E-state index contributed by atoms with van der Waals surface area (Å²) in [5.41, 5.74) is 6.81. The highest BCUT2D eigenvalue weighted by molar-refractivity contribution is 5.07. The van der Waals surface area contributed by atoms with Crippen LogP contribution in [0.3, 0.4) is 0 Å². The van der Waals surface area contributed by atoms with Gasteiger partial charge in [0, 0.05) is 31.7 Å². The van der Waals surface area contributed by atoms with Gasteiger partial charge in [0.05, 0.1) is 0 Å². The SMILES string of the molecule is CC(C)CN(CCN(C)C)C1(CN)CCCC1(C)C. The molecule has 1 fully saturated rings. The molecule has 1 unspecified atom stereocenters. The Labute approximate surface area is 120 Å². The van der Waals surface area contributed by atoms with Gasteiger partial charge in [-0.25, -0.2) is 0 Å². The fourth-order valence-electron chi connectivity index (χ4n) is 3.73. The maximum absolute atomic E-state index is 6.27. The van der Waals surface area contributed by atoms with Crippen molar-refractivity contribution in [3.63, 3.8) is 0 Å². The predicted molar refractivity (Wildman–Crippen MR) is 84.4 cm³/mol. The summed E-state index contributed by atoms with van der Waals surface area (Å²) >= 11 is 0. The first-order valence-corrected chi connectivity index (χ1v) is 7.85. The van der Waals surface area contributed by atoms with E-state index in [0.29, 0.717) is 11.3 Å². The van der Waals surface area contributed by atoms with Crippen LogP contribution in [0.25, 0.3) is 0 Å². The molecule has 0 saturated heterocycles. The molecule has 1 aliphatic carbocycles. The van der Waals surface area contributed by atoms with Crippen molar-refractivity contribution < 1.29 is 0 Å². The molecule has 19 heavy (non-hydrogen) atoms. The second-order valence-corrected chi connectivity index (χ2v) is 7.62. The molecule has 0 aliphatic heterocycles. The van der Waals surface area contributed by atoms with E-state index >= 15 is 0 Å². The molecule has 1 rings (SSSR count). The molecule has 3 heteroatoms. The lowest BCUT2D eigenvalue weighted by molar-refractivity contribution is 0.000998. The standard InChI is InChI=1S/C16H35N3/c1-14(2)12-19(11-10-18(5)6)16(13-17)9-7-8-15(16,3)4/h14H,7-13,17H2,1-6H3. The highest BCUT2D eigenvalue weighted by atomic mass is 15.2. The second kappa shape index (κ2) is 6.55. The molecule has 0 radical (unpaired) electrons. The normalized spacial score (nSPS) is 26.8. The summed E-state index contributed by atoms with van der Waals surface area (Å²) in [5, 5.41) is 0. The summed E-state index contributed by atoms with van der Waals surface area (Å²) in [6.07, 6.45) is 3.89. The number of likely N-dealkylation sites (N-methyl/N-ethyl adjacent to an activating group) is 1. The third-order valence-electron chi connectivity index (χ3n) is 5.00. The van der Waals surface area contributed by atoms with Crippen LogP contribution in [-0.4, -0.2) is 55.6 Å². The van der Waals surface area contributed by atoms with Crippen molar-refractivity contribution in [3.05, 3.63) is 0 Å². The van der Waals surface area contributed by atoms with Crippen molar-refractivity contribution in [1.29, 1.82) is 0 Å². The van der Waals surface area contributed by atoms with Crippen molar-refractivity contribution in [3.8, 4) is 0 Å². The Morgan fingerprint density at radius 3 is 2.11 bits per heavy atom. The van der Waals surface area contributed by atoms with Crippen LogP contribution in [0.4, 0.5) is 0 Å². The highest BCUT2D eigenvalue weighted by Gasteiger charge is 2.51. The fraction of sp³-hybridized carbons (Fsp3) is 1.00. The van der Waals surface area contributed by atoms with Crippen LogP contribution in [0.1, 0.15) is 47.0 Å². The minimum atomic E-state index is 0.202. The van der Waals surface area contributed by atoms with Gasteiger partial charge >= 0.3 is 0 Å². The van der Waals surface area contributed by atoms with Gasteiger partial charge < -0.3 is 10.6 Å². The topological polar surface area (TPSA) is 32.5 Å². The molecule has 0 spiro atoms. The lowest BCUT2D eigenvalue weighted by Gasteiger charge is -2.50. The molecular formula is C16H35N3. The molecule has 2 N–H and O–H groups in total. The Bertz CT molecular complexity index is 273. The Balaban J connectivity index is 2.92. The van der Waals surface area contributed by atoms with Crippen LogP contribution < -0.4 is 5.73 Å². The quantitative estimate of drug-likeness (QED) is 0.770. The van der Waals surface area contributed by atoms with E-state index in [9.17, 15) is 0 Å². The highest BCUT2D eigenvalue weighted by Crippen LogP contribution is 2.49. The van der Waals surface area contributed by atoms with Crippen molar-refractivity contribution in [2.45, 2.75) is 52.5 Å². The van der Waals surface area contributed by atoms with Gasteiger partial charge in [-0.05, 0) is 38.3 Å². The molecule has 0 amide bonds. The smallest absolute Gasteiger partial charge is 0.0383 e. The summed E-state index contributed by atoms with van der Waals surface area (Å²) in [6, 6.07) is 0. The van der Waals surface area contributed by atoms with Gasteiger partial charge in [0.1, 0.15) is 0 Å². The molecule has 3 nitrogen and oxygen atoms in total. The average Bonchev–Trinajstić information content (AvgIpc) is 2.59. The maximum atomic E-state index is 6.27. The van der Waals surface area contributed by atoms with Gasteiger partial charge in [-0.15, -0.1) is 0 Å². The van der Waals surface area contributed by atoms with Gasteiger partial charge in [-0.1, -0.05) is 34.1 Å². The molecule has 0 bridgehead atoms. The van der Waals surface area contributed by atoms with E-state index in [1.165, 1.54) is 19.3 Å². The van der Waals surface area contributed by atoms with E-state index in [1.54, 1.807) is 0 Å². The first kappa shape index (κ1) is 16.9. The number of hydrogen-bond acceptors (Lipinski definition) is 3. The molecule has 114 valence electrons. The van der Waals surface area contributed by atoms with Crippen molar-refractivity contribution in [2.75, 3.05) is 40.3 Å². The van der Waals surface area contributed by atoms with Gasteiger partial charge in [0.25, 0.3) is 0 Å². The summed E-state index contributed by atoms with van der Waals surface area (Å²) < 4.78 is 0. The van der Waals surface area contributed by atoms with E-state index in [-0.39, 0.29) is 5.54 Å². The van der Waals surface area contributed by atoms with Crippen LogP contribution in [0, 0.1) is 11.3 Å². The second-order valence-electron chi connectivity index (χ2n) is 7.62. The third kappa shape index (κ3) is 3.71. The predicted octanol–water partition coefficient (Wildman–Crippen LogP) is 2.41. The van der Waals surface area contributed by atoms with Crippen molar-refractivity contribution in [2.24, 2.45) is 17.1 Å². The van der Waals surface area contributed by atoms with E-state index < -0.39 is 0 Å². The van der Waals surface area contributed by atoms with E-state index in [4.69, 9.17) is 5.73 Å². The van der Waals surface area contributed by atoms with Gasteiger partial charge in [0.2, 0.25) is 0 Å². The summed E-state index contributed by atoms with van der Waals surface area (Å²) in [6.45, 7) is 13.7. The van der Waals surface area contributed by atoms with Gasteiger partial charge in [-0.3, -0.25) is 4.90 Å². The summed E-state index contributed by atoms with van der Waals surface area (Å²) in [4.78, 5) is 4.98. The Morgan fingerprint density at radius 1 is 1.11 bits per heavy atom. The number of nitrogens with zero attached hydrogens (tertiary/aromatic N) is 2. The Kier molecular flexibility index (Phi) is 5.84. The van der Waals surface area contributed by atoms with Gasteiger partial charge in [-0.2, -0.15) is 0 Å². The molecule has 0 heterocycles. The molecule has 1 atom stereocenters. The molecule has 0 aromatic carbocycles. The molecule has 1 saturated carbocycles. The zero-order valence-electron chi connectivity index (χ0n) is 14.0. The van der Waals surface area contributed by atoms with Crippen molar-refractivity contribution in [1.82, 2.24) is 9.80 Å². The minimum absolute atomic E-state index is 0.202. The molecule has 0 aromatic rings. The average molecular weight is 269 g/mol. The number of nitrogens with two attached hydrogens (primary N) is 1. The Morgan fingerprint density at radius 2 is 1.74 bits per heavy atom. The lowest BCUT2D eigenvalue weighted by atomic mass is 9.73. The van der Waals surface area contributed by atoms with Crippen LogP contribution in [-0.2, 0) is 0 Å². The van der Waals surface area contributed by atoms with Crippen LogP contribution in [0.15, 0.2) is 0 Å². The van der Waals surface area contributed by atoms with E-state index in [2.05, 4.69) is 51.6 Å². The van der Waals surface area contributed by atoms with Gasteiger partial charge in [0.15, 0.2) is 0 Å². The van der Waals surface area contributed by atoms with Crippen LogP contribution in [0.5, 0.6) is 0 Å². The third-order valence-corrected chi connectivity index (χ3v) is 5.00. The Hall–Kier alpha value is -0.120. The first-order chi connectivity index (χ1) is 8.75. The van der Waals surface area contributed by atoms with Crippen LogP contribution in [0.2, 0.25) is 0 Å². The van der Waals surface area contributed by atoms with Crippen LogP contribution >= 0.6 is 0 Å². The summed E-state index contributed by atoms with van der Waals surface area (Å²) in [7, 11) is 4.31. The summed E-state index contributed by atoms with van der Waals surface area (Å²) in [5.74, 6) is 0.696. The zero-order valence-corrected chi connectivity index (χ0v) is 14.0. The number of rotatable bonds is 7. The molecule has 1 aliphatic rings. The van der Waals surface area contributed by atoms with E-state index in [1.807, 2.05) is 0 Å². The monoisotopic (exact) mass is 269 g/mol. The maximum Gasteiger partial charge on any atom is 0.0383 e. The lowest BCUT2D eigenvalue weighted by Crippen LogP contribution is -2.61. The zero-order chi connectivity index (χ0) is 14.7. The molecular weight excluding hydrogens is 234 g/mol. The molecule has 0 aromatic heterocycles. The largest absolute Gasteiger partial charge is 0.329 e. The minimum Gasteiger partial charge on any atom is -0.329 e. The number of hydrogen-bond donors (Lipinski definition) is 1. The fourth-order valence-corrected chi connectivity index (χ4v) is 3.73. The first-order valence-electron chi connectivity index (χ1n) is 7.85. The van der Waals surface area contributed by atoms with E-state index in [0.717, 1.165) is 26.2 Å².